The van der Waals surface area contributed by atoms with Gasteiger partial charge in [-0.15, -0.1) is 0 Å². The second-order valence-electron chi connectivity index (χ2n) is 13.6. The lowest BCUT2D eigenvalue weighted by Gasteiger charge is -2.33. The van der Waals surface area contributed by atoms with E-state index in [0.29, 0.717) is 0 Å². The van der Waals surface area contributed by atoms with Crippen molar-refractivity contribution in [3.05, 3.63) is 176 Å². The van der Waals surface area contributed by atoms with E-state index in [9.17, 15) is 0 Å². The van der Waals surface area contributed by atoms with E-state index in [1.165, 1.54) is 65.6 Å². The molecule has 0 saturated heterocycles. The summed E-state index contributed by atoms with van der Waals surface area (Å²) >= 11 is 0. The van der Waals surface area contributed by atoms with E-state index in [-0.39, 0.29) is 6.71 Å². The predicted molar refractivity (Wildman–Crippen MR) is 213 cm³/mol. The first-order chi connectivity index (χ1) is 25.3. The summed E-state index contributed by atoms with van der Waals surface area (Å²) in [5, 5.41) is 7.54. The average Bonchev–Trinajstić information content (AvgIpc) is 3.19. The van der Waals surface area contributed by atoms with Crippen molar-refractivity contribution in [2.45, 2.75) is 0 Å². The normalized spacial score (nSPS) is 12.6. The van der Waals surface area contributed by atoms with Crippen LogP contribution in [0.4, 0.5) is 0 Å². The van der Waals surface area contributed by atoms with Crippen LogP contribution in [0.15, 0.2) is 176 Å². The Morgan fingerprint density at radius 3 is 1.53 bits per heavy atom. The molecule has 0 radical (unpaired) electrons. The highest BCUT2D eigenvalue weighted by molar-refractivity contribution is 6.98. The largest absolute Gasteiger partial charge is 0.458 e. The number of ether oxygens (including phenoxy) is 2. The molecule has 2 aliphatic heterocycles. The zero-order chi connectivity index (χ0) is 33.5. The standard InChI is InChI=1S/C48H29BO2/c1-2-11-33-28-35(25-22-30(33)10-1)47-38-14-5-3-12-36(38)46(37-13-4-6-15-39(37)47)32-23-20-31(21-24-32)34-26-27-43-41(29-34)49-40-16-7-8-17-42(40)50-44-18-9-19-45(51-43)48(44)49/h1-29H. The summed E-state index contributed by atoms with van der Waals surface area (Å²) < 4.78 is 12.8. The molecule has 0 unspecified atom stereocenters. The Hall–Kier alpha value is -6.58. The van der Waals surface area contributed by atoms with Gasteiger partial charge in [-0.2, -0.15) is 0 Å². The van der Waals surface area contributed by atoms with Crippen LogP contribution in [0.1, 0.15) is 0 Å². The first kappa shape index (κ1) is 28.3. The molecule has 9 aromatic carbocycles. The van der Waals surface area contributed by atoms with Gasteiger partial charge in [0, 0.05) is 5.46 Å². The van der Waals surface area contributed by atoms with E-state index in [2.05, 4.69) is 152 Å². The Morgan fingerprint density at radius 2 is 0.824 bits per heavy atom. The van der Waals surface area contributed by atoms with Crippen molar-refractivity contribution in [1.82, 2.24) is 0 Å². The molecule has 3 heteroatoms. The highest BCUT2D eigenvalue weighted by Gasteiger charge is 2.39. The lowest BCUT2D eigenvalue weighted by molar-refractivity contribution is 0.464. The smallest absolute Gasteiger partial charge is 0.260 e. The molecule has 11 rings (SSSR count). The maximum Gasteiger partial charge on any atom is 0.260 e. The zero-order valence-electron chi connectivity index (χ0n) is 27.6. The highest BCUT2D eigenvalue weighted by Crippen LogP contribution is 2.44. The maximum absolute atomic E-state index is 6.47. The number of para-hydroxylation sites is 1. The second kappa shape index (κ2) is 11.0. The van der Waals surface area contributed by atoms with Crippen molar-refractivity contribution in [1.29, 1.82) is 0 Å². The third-order valence-electron chi connectivity index (χ3n) is 10.8. The molecule has 0 aliphatic carbocycles. The number of benzene rings is 9. The van der Waals surface area contributed by atoms with Crippen LogP contribution in [-0.4, -0.2) is 6.71 Å². The number of hydrogen-bond acceptors (Lipinski definition) is 2. The summed E-state index contributed by atoms with van der Waals surface area (Å²) in [5.41, 5.74) is 10.7. The van der Waals surface area contributed by atoms with Crippen LogP contribution >= 0.6 is 0 Å². The first-order valence-electron chi connectivity index (χ1n) is 17.5. The van der Waals surface area contributed by atoms with Crippen molar-refractivity contribution in [2.75, 3.05) is 0 Å². The van der Waals surface area contributed by atoms with Crippen molar-refractivity contribution < 1.29 is 9.47 Å². The predicted octanol–water partition coefficient (Wildman–Crippen LogP) is 10.9. The molecular weight excluding hydrogens is 619 g/mol. The lowest BCUT2D eigenvalue weighted by Crippen LogP contribution is -2.57. The van der Waals surface area contributed by atoms with Gasteiger partial charge in [0.05, 0.1) is 0 Å². The molecule has 236 valence electrons. The molecule has 0 amide bonds. The minimum atomic E-state index is 0.0444. The molecule has 0 saturated carbocycles. The summed E-state index contributed by atoms with van der Waals surface area (Å²) in [6.45, 7) is 0.0444. The van der Waals surface area contributed by atoms with Gasteiger partial charge in [-0.05, 0) is 107 Å². The van der Waals surface area contributed by atoms with Crippen LogP contribution in [0.25, 0.3) is 65.7 Å². The number of hydrogen-bond donors (Lipinski definition) is 0. The second-order valence-corrected chi connectivity index (χ2v) is 13.6. The first-order valence-corrected chi connectivity index (χ1v) is 17.5. The molecule has 9 aromatic rings. The van der Waals surface area contributed by atoms with Gasteiger partial charge in [-0.3, -0.25) is 0 Å². The summed E-state index contributed by atoms with van der Waals surface area (Å²) in [4.78, 5) is 0. The Balaban J connectivity index is 1.04. The van der Waals surface area contributed by atoms with E-state index in [1.807, 2.05) is 24.3 Å². The summed E-state index contributed by atoms with van der Waals surface area (Å²) in [5.74, 6) is 3.53. The molecule has 2 heterocycles. The van der Waals surface area contributed by atoms with Crippen LogP contribution in [-0.2, 0) is 0 Å². The third-order valence-corrected chi connectivity index (χ3v) is 10.8. The lowest BCUT2D eigenvalue weighted by atomic mass is 9.35. The summed E-state index contributed by atoms with van der Waals surface area (Å²) in [6, 6.07) is 63.3. The van der Waals surface area contributed by atoms with Gasteiger partial charge in [0.15, 0.2) is 0 Å². The molecule has 2 nitrogen and oxygen atoms in total. The minimum absolute atomic E-state index is 0.0444. The van der Waals surface area contributed by atoms with Crippen LogP contribution < -0.4 is 25.9 Å². The van der Waals surface area contributed by atoms with Crippen molar-refractivity contribution in [3.63, 3.8) is 0 Å². The molecule has 51 heavy (non-hydrogen) atoms. The summed E-state index contributed by atoms with van der Waals surface area (Å²) in [6.07, 6.45) is 0. The highest BCUT2D eigenvalue weighted by atomic mass is 16.5. The Morgan fingerprint density at radius 1 is 0.314 bits per heavy atom. The molecule has 0 aromatic heterocycles. The summed E-state index contributed by atoms with van der Waals surface area (Å²) in [7, 11) is 0. The zero-order valence-corrected chi connectivity index (χ0v) is 27.6. The number of rotatable bonds is 3. The van der Waals surface area contributed by atoms with E-state index in [1.54, 1.807) is 0 Å². The van der Waals surface area contributed by atoms with Crippen molar-refractivity contribution >= 4 is 55.4 Å². The van der Waals surface area contributed by atoms with Crippen LogP contribution in [0.5, 0.6) is 23.0 Å². The Bertz CT molecular complexity index is 2800. The molecule has 0 N–H and O–H groups in total. The van der Waals surface area contributed by atoms with Gasteiger partial charge in [0.2, 0.25) is 0 Å². The quantitative estimate of drug-likeness (QED) is 0.140. The monoisotopic (exact) mass is 648 g/mol. The van der Waals surface area contributed by atoms with Gasteiger partial charge in [0.1, 0.15) is 23.0 Å². The van der Waals surface area contributed by atoms with Gasteiger partial charge in [-0.1, -0.05) is 146 Å². The Kier molecular flexibility index (Phi) is 6.08. The average molecular weight is 649 g/mol. The number of fused-ring (bicyclic) bond motifs is 7. The third kappa shape index (κ3) is 4.31. The van der Waals surface area contributed by atoms with Crippen LogP contribution in [0.2, 0.25) is 0 Å². The Labute approximate surface area is 296 Å². The van der Waals surface area contributed by atoms with Gasteiger partial charge >= 0.3 is 0 Å². The molecular formula is C48H29BO2. The van der Waals surface area contributed by atoms with E-state index in [4.69, 9.17) is 9.47 Å². The van der Waals surface area contributed by atoms with Gasteiger partial charge in [-0.25, -0.2) is 0 Å². The van der Waals surface area contributed by atoms with Gasteiger partial charge < -0.3 is 9.47 Å². The molecule has 0 spiro atoms. The molecule has 0 atom stereocenters. The topological polar surface area (TPSA) is 18.5 Å². The fourth-order valence-electron chi connectivity index (χ4n) is 8.48. The molecule has 0 bridgehead atoms. The fourth-order valence-corrected chi connectivity index (χ4v) is 8.48. The SMILES string of the molecule is c1ccc2c(c1)Oc1cccc3c1B2c1cc(-c2ccc(-c4c5ccccc5c(-c5ccc6ccccc6c5)c5ccccc45)cc2)ccc1O3. The van der Waals surface area contributed by atoms with E-state index in [0.717, 1.165) is 39.5 Å². The van der Waals surface area contributed by atoms with Crippen molar-refractivity contribution in [2.24, 2.45) is 0 Å². The van der Waals surface area contributed by atoms with Crippen LogP contribution in [0.3, 0.4) is 0 Å². The fraction of sp³-hybridized carbons (Fsp3) is 0. The van der Waals surface area contributed by atoms with E-state index >= 15 is 0 Å². The van der Waals surface area contributed by atoms with Crippen LogP contribution in [0, 0.1) is 0 Å². The molecule has 0 fully saturated rings. The maximum atomic E-state index is 6.47. The van der Waals surface area contributed by atoms with E-state index < -0.39 is 0 Å². The van der Waals surface area contributed by atoms with Crippen molar-refractivity contribution in [3.8, 4) is 56.4 Å². The minimum Gasteiger partial charge on any atom is -0.458 e. The molecule has 2 aliphatic rings. The van der Waals surface area contributed by atoms with Gasteiger partial charge in [0.25, 0.3) is 6.71 Å².